The number of ether oxygens (including phenoxy) is 2. The fraction of sp³-hybridized carbons (Fsp3) is 0.625. The topological polar surface area (TPSA) is 38.7 Å². The van der Waals surface area contributed by atoms with Crippen LogP contribution in [0.1, 0.15) is 44.1 Å². The van der Waals surface area contributed by atoms with Gasteiger partial charge in [0.05, 0.1) is 18.8 Å². The van der Waals surface area contributed by atoms with Crippen LogP contribution in [0.4, 0.5) is 0 Å². The standard InChI is InChI=1S/C16H22O3/c1-18-14-8-4-5-12(11-16(17)9-10-16)15(14)19-13-6-2-3-7-13/h4-5,8,13,17H,2-3,6-7,9-11H2,1H3. The Morgan fingerprint density at radius 2 is 2.00 bits per heavy atom. The first kappa shape index (κ1) is 12.8. The molecule has 0 heterocycles. The summed E-state index contributed by atoms with van der Waals surface area (Å²) in [4.78, 5) is 0. The minimum Gasteiger partial charge on any atom is -0.493 e. The fourth-order valence-corrected chi connectivity index (χ4v) is 2.84. The summed E-state index contributed by atoms with van der Waals surface area (Å²) in [5, 5.41) is 10.1. The number of methoxy groups -OCH3 is 1. The average Bonchev–Trinajstić information content (AvgIpc) is 2.92. The van der Waals surface area contributed by atoms with Gasteiger partial charge in [0, 0.05) is 12.0 Å². The van der Waals surface area contributed by atoms with Crippen LogP contribution in [0.5, 0.6) is 11.5 Å². The lowest BCUT2D eigenvalue weighted by molar-refractivity contribution is 0.146. The van der Waals surface area contributed by atoms with Crippen molar-refractivity contribution in [3.63, 3.8) is 0 Å². The average molecular weight is 262 g/mol. The lowest BCUT2D eigenvalue weighted by Gasteiger charge is -2.20. The molecule has 0 radical (unpaired) electrons. The van der Waals surface area contributed by atoms with Crippen molar-refractivity contribution in [1.82, 2.24) is 0 Å². The third-order valence-electron chi connectivity index (χ3n) is 4.21. The normalized spacial score (nSPS) is 21.4. The van der Waals surface area contributed by atoms with Crippen LogP contribution >= 0.6 is 0 Å². The molecule has 0 atom stereocenters. The molecule has 2 aliphatic rings. The maximum absolute atomic E-state index is 10.1. The SMILES string of the molecule is COc1cccc(CC2(O)CC2)c1OC1CCCC1. The van der Waals surface area contributed by atoms with E-state index in [9.17, 15) is 5.11 Å². The van der Waals surface area contributed by atoms with Crippen molar-refractivity contribution < 1.29 is 14.6 Å². The van der Waals surface area contributed by atoms with Crippen molar-refractivity contribution >= 4 is 0 Å². The number of para-hydroxylation sites is 1. The summed E-state index contributed by atoms with van der Waals surface area (Å²) in [6.07, 6.45) is 7.53. The summed E-state index contributed by atoms with van der Waals surface area (Å²) in [5.74, 6) is 1.63. The lowest BCUT2D eigenvalue weighted by atomic mass is 10.0. The fourth-order valence-electron chi connectivity index (χ4n) is 2.84. The van der Waals surface area contributed by atoms with E-state index in [-0.39, 0.29) is 0 Å². The predicted octanol–water partition coefficient (Wildman–Crippen LogP) is 3.08. The second kappa shape index (κ2) is 5.04. The van der Waals surface area contributed by atoms with Crippen molar-refractivity contribution in [1.29, 1.82) is 0 Å². The first-order chi connectivity index (χ1) is 9.20. The quantitative estimate of drug-likeness (QED) is 0.886. The molecule has 3 rings (SSSR count). The van der Waals surface area contributed by atoms with Crippen LogP contribution < -0.4 is 9.47 Å². The molecule has 0 bridgehead atoms. The second-order valence-electron chi connectivity index (χ2n) is 5.87. The van der Waals surface area contributed by atoms with E-state index >= 15 is 0 Å². The van der Waals surface area contributed by atoms with E-state index in [1.807, 2.05) is 18.2 Å². The van der Waals surface area contributed by atoms with Crippen LogP contribution in [0.2, 0.25) is 0 Å². The van der Waals surface area contributed by atoms with E-state index in [0.29, 0.717) is 12.5 Å². The molecule has 0 aromatic heterocycles. The van der Waals surface area contributed by atoms with Crippen molar-refractivity contribution in [3.05, 3.63) is 23.8 Å². The van der Waals surface area contributed by atoms with Crippen LogP contribution in [0.25, 0.3) is 0 Å². The molecule has 0 spiro atoms. The molecule has 19 heavy (non-hydrogen) atoms. The Kier molecular flexibility index (Phi) is 3.40. The van der Waals surface area contributed by atoms with Gasteiger partial charge in [0.25, 0.3) is 0 Å². The van der Waals surface area contributed by atoms with Crippen LogP contribution in [-0.4, -0.2) is 23.9 Å². The van der Waals surface area contributed by atoms with Gasteiger partial charge in [0.2, 0.25) is 0 Å². The van der Waals surface area contributed by atoms with Crippen LogP contribution in [0, 0.1) is 0 Å². The van der Waals surface area contributed by atoms with E-state index in [1.165, 1.54) is 12.8 Å². The molecular weight excluding hydrogens is 240 g/mol. The van der Waals surface area contributed by atoms with Gasteiger partial charge in [-0.15, -0.1) is 0 Å². The molecule has 3 nitrogen and oxygen atoms in total. The van der Waals surface area contributed by atoms with Gasteiger partial charge in [0.1, 0.15) is 0 Å². The van der Waals surface area contributed by atoms with Gasteiger partial charge in [-0.25, -0.2) is 0 Å². The number of benzene rings is 1. The molecule has 2 fully saturated rings. The smallest absolute Gasteiger partial charge is 0.164 e. The zero-order valence-electron chi connectivity index (χ0n) is 11.5. The summed E-state index contributed by atoms with van der Waals surface area (Å²) in [7, 11) is 1.67. The summed E-state index contributed by atoms with van der Waals surface area (Å²) in [6.45, 7) is 0. The number of hydrogen-bond donors (Lipinski definition) is 1. The Morgan fingerprint density at radius 3 is 2.63 bits per heavy atom. The highest BCUT2D eigenvalue weighted by molar-refractivity contribution is 5.47. The molecule has 2 aliphatic carbocycles. The zero-order valence-corrected chi connectivity index (χ0v) is 11.5. The van der Waals surface area contributed by atoms with Gasteiger partial charge in [-0.05, 0) is 44.6 Å². The summed E-state index contributed by atoms with van der Waals surface area (Å²) in [6, 6.07) is 5.95. The molecule has 2 saturated carbocycles. The molecule has 0 amide bonds. The first-order valence-electron chi connectivity index (χ1n) is 7.25. The van der Waals surface area contributed by atoms with Gasteiger partial charge in [0.15, 0.2) is 11.5 Å². The monoisotopic (exact) mass is 262 g/mol. The Hall–Kier alpha value is -1.22. The summed E-state index contributed by atoms with van der Waals surface area (Å²) < 4.78 is 11.6. The molecule has 1 N–H and O–H groups in total. The van der Waals surface area contributed by atoms with Crippen molar-refractivity contribution in [2.24, 2.45) is 0 Å². The molecular formula is C16H22O3. The van der Waals surface area contributed by atoms with Crippen LogP contribution in [0.3, 0.4) is 0 Å². The predicted molar refractivity (Wildman–Crippen MR) is 73.8 cm³/mol. The molecule has 1 aromatic rings. The van der Waals surface area contributed by atoms with Crippen molar-refractivity contribution in [2.45, 2.75) is 56.7 Å². The highest BCUT2D eigenvalue weighted by Crippen LogP contribution is 2.43. The first-order valence-corrected chi connectivity index (χ1v) is 7.25. The summed E-state index contributed by atoms with van der Waals surface area (Å²) in [5.41, 5.74) is 0.575. The molecule has 104 valence electrons. The zero-order chi connectivity index (χ0) is 13.3. The van der Waals surface area contributed by atoms with Gasteiger partial charge in [-0.3, -0.25) is 0 Å². The molecule has 0 saturated heterocycles. The highest BCUT2D eigenvalue weighted by Gasteiger charge is 2.41. The van der Waals surface area contributed by atoms with Gasteiger partial charge in [-0.2, -0.15) is 0 Å². The lowest BCUT2D eigenvalue weighted by Crippen LogP contribution is -2.16. The molecule has 0 unspecified atom stereocenters. The number of aliphatic hydroxyl groups is 1. The number of rotatable bonds is 5. The Labute approximate surface area is 114 Å². The third-order valence-corrected chi connectivity index (χ3v) is 4.21. The minimum atomic E-state index is -0.500. The van der Waals surface area contributed by atoms with E-state index in [2.05, 4.69) is 0 Å². The largest absolute Gasteiger partial charge is 0.493 e. The summed E-state index contributed by atoms with van der Waals surface area (Å²) >= 11 is 0. The van der Waals surface area contributed by atoms with E-state index < -0.39 is 5.60 Å². The van der Waals surface area contributed by atoms with Gasteiger partial charge >= 0.3 is 0 Å². The second-order valence-corrected chi connectivity index (χ2v) is 5.87. The maximum Gasteiger partial charge on any atom is 0.164 e. The van der Waals surface area contributed by atoms with Crippen LogP contribution in [0.15, 0.2) is 18.2 Å². The van der Waals surface area contributed by atoms with E-state index in [4.69, 9.17) is 9.47 Å². The van der Waals surface area contributed by atoms with Crippen molar-refractivity contribution in [3.8, 4) is 11.5 Å². The minimum absolute atomic E-state index is 0.309. The highest BCUT2D eigenvalue weighted by atomic mass is 16.5. The molecule has 0 aliphatic heterocycles. The molecule has 3 heteroatoms. The maximum atomic E-state index is 10.1. The van der Waals surface area contributed by atoms with Gasteiger partial charge < -0.3 is 14.6 Å². The Bertz CT molecular complexity index is 445. The van der Waals surface area contributed by atoms with E-state index in [0.717, 1.165) is 42.7 Å². The Morgan fingerprint density at radius 1 is 1.26 bits per heavy atom. The third kappa shape index (κ3) is 2.86. The van der Waals surface area contributed by atoms with Gasteiger partial charge in [-0.1, -0.05) is 12.1 Å². The van der Waals surface area contributed by atoms with Crippen LogP contribution in [-0.2, 0) is 6.42 Å². The Balaban J connectivity index is 1.84. The molecule has 1 aromatic carbocycles. The number of hydrogen-bond acceptors (Lipinski definition) is 3. The van der Waals surface area contributed by atoms with E-state index in [1.54, 1.807) is 7.11 Å². The van der Waals surface area contributed by atoms with Crippen molar-refractivity contribution in [2.75, 3.05) is 7.11 Å².